The van der Waals surface area contributed by atoms with Crippen molar-refractivity contribution in [3.63, 3.8) is 0 Å². The summed E-state index contributed by atoms with van der Waals surface area (Å²) in [5.74, 6) is 0.0673. The van der Waals surface area contributed by atoms with Gasteiger partial charge in [-0.05, 0) is 24.6 Å². The Balaban J connectivity index is 1.81. The number of rotatable bonds is 16. The third-order valence-corrected chi connectivity index (χ3v) is 5.14. The van der Waals surface area contributed by atoms with Crippen molar-refractivity contribution in [3.05, 3.63) is 28.5 Å². The Labute approximate surface area is 162 Å². The van der Waals surface area contributed by atoms with Gasteiger partial charge in [-0.3, -0.25) is 0 Å². The number of benzene rings is 1. The summed E-state index contributed by atoms with van der Waals surface area (Å²) in [6.07, 6.45) is 18.8. The van der Waals surface area contributed by atoms with Crippen LogP contribution >= 0.6 is 15.9 Å². The van der Waals surface area contributed by atoms with E-state index < -0.39 is 0 Å². The van der Waals surface area contributed by atoms with E-state index in [1.54, 1.807) is 6.07 Å². The Morgan fingerprint density at radius 3 is 1.72 bits per heavy atom. The fourth-order valence-corrected chi connectivity index (χ4v) is 3.40. The highest BCUT2D eigenvalue weighted by Gasteiger charge is 2.03. The zero-order valence-corrected chi connectivity index (χ0v) is 17.6. The van der Waals surface area contributed by atoms with Crippen LogP contribution in [0.3, 0.4) is 0 Å². The SMILES string of the molecule is CCCCCCCCCCCCCCCCOc1ccc(Br)cc1F. The number of halogens is 2. The van der Waals surface area contributed by atoms with Crippen molar-refractivity contribution < 1.29 is 9.13 Å². The number of unbranched alkanes of at least 4 members (excludes halogenated alkanes) is 13. The van der Waals surface area contributed by atoms with E-state index in [4.69, 9.17) is 4.74 Å². The normalized spacial score (nSPS) is 11.0. The lowest BCUT2D eigenvalue weighted by Crippen LogP contribution is -1.99. The van der Waals surface area contributed by atoms with Crippen molar-refractivity contribution in [1.82, 2.24) is 0 Å². The van der Waals surface area contributed by atoms with Gasteiger partial charge < -0.3 is 4.74 Å². The van der Waals surface area contributed by atoms with Crippen LogP contribution in [0.25, 0.3) is 0 Å². The van der Waals surface area contributed by atoms with Crippen LogP contribution in [-0.2, 0) is 0 Å². The molecule has 0 bridgehead atoms. The Bertz CT molecular complexity index is 436. The maximum absolute atomic E-state index is 13.6. The van der Waals surface area contributed by atoms with E-state index in [-0.39, 0.29) is 5.82 Å². The molecule has 1 rings (SSSR count). The van der Waals surface area contributed by atoms with Crippen LogP contribution in [-0.4, -0.2) is 6.61 Å². The summed E-state index contributed by atoms with van der Waals surface area (Å²) in [7, 11) is 0. The fourth-order valence-electron chi connectivity index (χ4n) is 3.07. The Morgan fingerprint density at radius 1 is 0.760 bits per heavy atom. The lowest BCUT2D eigenvalue weighted by Gasteiger charge is -2.07. The van der Waals surface area contributed by atoms with Gasteiger partial charge in [0.05, 0.1) is 6.61 Å². The van der Waals surface area contributed by atoms with Crippen LogP contribution < -0.4 is 4.74 Å². The maximum Gasteiger partial charge on any atom is 0.166 e. The minimum Gasteiger partial charge on any atom is -0.491 e. The van der Waals surface area contributed by atoms with E-state index >= 15 is 0 Å². The van der Waals surface area contributed by atoms with Crippen molar-refractivity contribution >= 4 is 15.9 Å². The number of ether oxygens (including phenoxy) is 1. The molecule has 0 aliphatic carbocycles. The van der Waals surface area contributed by atoms with Crippen LogP contribution in [0.1, 0.15) is 96.8 Å². The summed E-state index contributed by atoms with van der Waals surface area (Å²) in [6.45, 7) is 2.88. The Hall–Kier alpha value is -0.570. The Morgan fingerprint density at radius 2 is 1.24 bits per heavy atom. The van der Waals surface area contributed by atoms with Gasteiger partial charge in [0.25, 0.3) is 0 Å². The van der Waals surface area contributed by atoms with Gasteiger partial charge in [-0.15, -0.1) is 0 Å². The molecule has 3 heteroatoms. The fraction of sp³-hybridized carbons (Fsp3) is 0.727. The van der Waals surface area contributed by atoms with Crippen LogP contribution in [0.4, 0.5) is 4.39 Å². The highest BCUT2D eigenvalue weighted by atomic mass is 79.9. The first-order valence-corrected chi connectivity index (χ1v) is 11.1. The summed E-state index contributed by atoms with van der Waals surface area (Å²) in [4.78, 5) is 0. The van der Waals surface area contributed by atoms with E-state index in [0.29, 0.717) is 12.4 Å². The minimum atomic E-state index is -0.292. The molecular formula is C22H36BrFO. The summed E-state index contributed by atoms with van der Waals surface area (Å²) >= 11 is 3.25. The molecule has 0 saturated carbocycles. The molecule has 0 N–H and O–H groups in total. The molecule has 144 valence electrons. The average molecular weight is 415 g/mol. The highest BCUT2D eigenvalue weighted by molar-refractivity contribution is 9.10. The van der Waals surface area contributed by atoms with Crippen LogP contribution in [0.15, 0.2) is 22.7 Å². The van der Waals surface area contributed by atoms with E-state index in [1.807, 2.05) is 6.07 Å². The predicted octanol–water partition coefficient (Wildman–Crippen LogP) is 8.45. The van der Waals surface area contributed by atoms with Crippen LogP contribution in [0, 0.1) is 5.82 Å². The third-order valence-electron chi connectivity index (χ3n) is 4.65. The van der Waals surface area contributed by atoms with Crippen molar-refractivity contribution in [3.8, 4) is 5.75 Å². The second-order valence-electron chi connectivity index (χ2n) is 7.02. The standard InChI is InChI=1S/C22H36BrFO/c1-2-3-4-5-6-7-8-9-10-11-12-13-14-15-18-25-22-17-16-20(23)19-21(22)24/h16-17,19H,2-15,18H2,1H3. The van der Waals surface area contributed by atoms with E-state index in [9.17, 15) is 4.39 Å². The van der Waals surface area contributed by atoms with Gasteiger partial charge in [-0.2, -0.15) is 0 Å². The number of hydrogen-bond acceptors (Lipinski definition) is 1. The van der Waals surface area contributed by atoms with Crippen molar-refractivity contribution in [2.45, 2.75) is 96.8 Å². The van der Waals surface area contributed by atoms with E-state index in [1.165, 1.54) is 89.5 Å². The molecule has 0 saturated heterocycles. The first kappa shape index (κ1) is 22.5. The summed E-state index contributed by atoms with van der Waals surface area (Å²) in [5, 5.41) is 0. The number of hydrogen-bond donors (Lipinski definition) is 0. The summed E-state index contributed by atoms with van der Waals surface area (Å²) in [6, 6.07) is 4.94. The van der Waals surface area contributed by atoms with Gasteiger partial charge in [0.15, 0.2) is 11.6 Å². The maximum atomic E-state index is 13.6. The quantitative estimate of drug-likeness (QED) is 0.246. The molecule has 0 heterocycles. The molecule has 0 aromatic heterocycles. The van der Waals surface area contributed by atoms with Crippen molar-refractivity contribution in [2.24, 2.45) is 0 Å². The molecular weight excluding hydrogens is 379 g/mol. The molecule has 25 heavy (non-hydrogen) atoms. The molecule has 0 radical (unpaired) electrons. The van der Waals surface area contributed by atoms with Gasteiger partial charge in [0.2, 0.25) is 0 Å². The Kier molecular flexibility index (Phi) is 14.1. The molecule has 0 unspecified atom stereocenters. The van der Waals surface area contributed by atoms with E-state index in [2.05, 4.69) is 22.9 Å². The van der Waals surface area contributed by atoms with Gasteiger partial charge in [0, 0.05) is 4.47 Å². The minimum absolute atomic E-state index is 0.292. The smallest absolute Gasteiger partial charge is 0.166 e. The van der Waals surface area contributed by atoms with Gasteiger partial charge >= 0.3 is 0 Å². The zero-order valence-electron chi connectivity index (χ0n) is 16.0. The second kappa shape index (κ2) is 15.7. The predicted molar refractivity (Wildman–Crippen MR) is 110 cm³/mol. The average Bonchev–Trinajstić information content (AvgIpc) is 2.60. The molecule has 0 aliphatic rings. The van der Waals surface area contributed by atoms with Gasteiger partial charge in [0.1, 0.15) is 0 Å². The molecule has 1 nitrogen and oxygen atoms in total. The van der Waals surface area contributed by atoms with Crippen LogP contribution in [0.5, 0.6) is 5.75 Å². The summed E-state index contributed by atoms with van der Waals surface area (Å²) < 4.78 is 19.8. The van der Waals surface area contributed by atoms with Gasteiger partial charge in [-0.1, -0.05) is 106 Å². The lowest BCUT2D eigenvalue weighted by atomic mass is 10.0. The third kappa shape index (κ3) is 12.4. The molecule has 1 aromatic rings. The highest BCUT2D eigenvalue weighted by Crippen LogP contribution is 2.21. The van der Waals surface area contributed by atoms with Crippen molar-refractivity contribution in [1.29, 1.82) is 0 Å². The molecule has 1 aromatic carbocycles. The summed E-state index contributed by atoms with van der Waals surface area (Å²) in [5.41, 5.74) is 0. The molecule has 0 amide bonds. The molecule has 0 fully saturated rings. The lowest BCUT2D eigenvalue weighted by molar-refractivity contribution is 0.290. The van der Waals surface area contributed by atoms with E-state index in [0.717, 1.165) is 10.9 Å². The molecule has 0 aliphatic heterocycles. The molecule has 0 spiro atoms. The zero-order chi connectivity index (χ0) is 18.2. The topological polar surface area (TPSA) is 9.23 Å². The van der Waals surface area contributed by atoms with Crippen LogP contribution in [0.2, 0.25) is 0 Å². The first-order chi connectivity index (χ1) is 12.2. The first-order valence-electron chi connectivity index (χ1n) is 10.3. The second-order valence-corrected chi connectivity index (χ2v) is 7.94. The monoisotopic (exact) mass is 414 g/mol. The molecule has 0 atom stereocenters. The largest absolute Gasteiger partial charge is 0.491 e. The van der Waals surface area contributed by atoms with Crippen molar-refractivity contribution in [2.75, 3.05) is 6.61 Å². The van der Waals surface area contributed by atoms with Gasteiger partial charge in [-0.25, -0.2) is 4.39 Å².